The molecule has 0 amide bonds. The van der Waals surface area contributed by atoms with E-state index in [1.807, 2.05) is 13.8 Å². The van der Waals surface area contributed by atoms with Crippen LogP contribution >= 0.6 is 15.9 Å². The Morgan fingerprint density at radius 3 is 2.35 bits per heavy atom. The fraction of sp³-hybridized carbons (Fsp3) is 1.00. The highest BCUT2D eigenvalue weighted by Gasteiger charge is 2.33. The molecule has 1 aliphatic rings. The molecule has 0 aromatic carbocycles. The van der Waals surface area contributed by atoms with E-state index in [4.69, 9.17) is 0 Å². The summed E-state index contributed by atoms with van der Waals surface area (Å²) in [6.45, 7) is 4.69. The number of rotatable bonds is 7. The Bertz CT molecular complexity index is 321. The molecule has 0 unspecified atom stereocenters. The first kappa shape index (κ1) is 15.4. The fourth-order valence-corrected chi connectivity index (χ4v) is 4.42. The molecule has 5 heteroatoms. The first-order valence-corrected chi connectivity index (χ1v) is 9.20. The van der Waals surface area contributed by atoms with E-state index in [1.54, 1.807) is 0 Å². The zero-order valence-corrected chi connectivity index (χ0v) is 13.2. The van der Waals surface area contributed by atoms with Gasteiger partial charge < -0.3 is 0 Å². The average Bonchev–Trinajstić information content (AvgIpc) is 2.74. The number of halogens is 1. The summed E-state index contributed by atoms with van der Waals surface area (Å²) in [7, 11) is -3.08. The van der Waals surface area contributed by atoms with Crippen LogP contribution in [0, 0.1) is 11.3 Å². The Kier molecular flexibility index (Phi) is 5.93. The van der Waals surface area contributed by atoms with Crippen LogP contribution in [0.15, 0.2) is 0 Å². The highest BCUT2D eigenvalue weighted by atomic mass is 79.9. The molecule has 1 saturated carbocycles. The van der Waals surface area contributed by atoms with Crippen LogP contribution in [-0.2, 0) is 10.0 Å². The molecule has 1 N–H and O–H groups in total. The van der Waals surface area contributed by atoms with Gasteiger partial charge in [0.05, 0.1) is 5.75 Å². The van der Waals surface area contributed by atoms with E-state index < -0.39 is 10.0 Å². The third kappa shape index (κ3) is 5.26. The maximum Gasteiger partial charge on any atom is 0.211 e. The Balaban J connectivity index is 2.43. The lowest BCUT2D eigenvalue weighted by molar-refractivity contribution is 0.347. The standard InChI is InChI=1S/C12H24BrNO2S/c1-11(2)5-8-17(15,16)14-10-12(9-13)6-3-4-7-12/h11,14H,3-10H2,1-2H3. The summed E-state index contributed by atoms with van der Waals surface area (Å²) in [5.41, 5.74) is 0.158. The Labute approximate surface area is 114 Å². The lowest BCUT2D eigenvalue weighted by Gasteiger charge is -2.26. The largest absolute Gasteiger partial charge is 0.215 e. The van der Waals surface area contributed by atoms with Crippen LogP contribution in [0.25, 0.3) is 0 Å². The second-order valence-corrected chi connectivity index (χ2v) is 8.15. The molecule has 0 aromatic rings. The van der Waals surface area contributed by atoms with E-state index in [0.717, 1.165) is 24.6 Å². The van der Waals surface area contributed by atoms with Crippen molar-refractivity contribution >= 4 is 26.0 Å². The maximum atomic E-state index is 11.8. The summed E-state index contributed by atoms with van der Waals surface area (Å²) in [6, 6.07) is 0. The highest BCUT2D eigenvalue weighted by molar-refractivity contribution is 9.09. The Hall–Kier alpha value is 0.390. The monoisotopic (exact) mass is 325 g/mol. The van der Waals surface area contributed by atoms with Crippen molar-refractivity contribution in [2.45, 2.75) is 46.0 Å². The van der Waals surface area contributed by atoms with Crippen LogP contribution < -0.4 is 4.72 Å². The molecule has 1 fully saturated rings. The lowest BCUT2D eigenvalue weighted by Crippen LogP contribution is -2.38. The van der Waals surface area contributed by atoms with Crippen molar-refractivity contribution in [1.82, 2.24) is 4.72 Å². The molecule has 3 nitrogen and oxygen atoms in total. The predicted octanol–water partition coefficient (Wildman–Crippen LogP) is 2.91. The third-order valence-corrected chi connectivity index (χ3v) is 6.13. The molecule has 102 valence electrons. The quantitative estimate of drug-likeness (QED) is 0.731. The first-order chi connectivity index (χ1) is 7.89. The van der Waals surface area contributed by atoms with Gasteiger partial charge in [-0.1, -0.05) is 42.6 Å². The van der Waals surface area contributed by atoms with E-state index in [-0.39, 0.29) is 11.2 Å². The van der Waals surface area contributed by atoms with Gasteiger partial charge in [0.15, 0.2) is 0 Å². The van der Waals surface area contributed by atoms with Gasteiger partial charge in [0.25, 0.3) is 0 Å². The molecule has 0 saturated heterocycles. The minimum atomic E-state index is -3.08. The van der Waals surface area contributed by atoms with Crippen molar-refractivity contribution in [2.24, 2.45) is 11.3 Å². The van der Waals surface area contributed by atoms with Gasteiger partial charge in [0, 0.05) is 11.9 Å². The van der Waals surface area contributed by atoms with Crippen LogP contribution in [0.5, 0.6) is 0 Å². The van der Waals surface area contributed by atoms with Gasteiger partial charge in [0.1, 0.15) is 0 Å². The molecule has 0 bridgehead atoms. The van der Waals surface area contributed by atoms with E-state index >= 15 is 0 Å². The zero-order valence-electron chi connectivity index (χ0n) is 10.8. The molecule has 1 rings (SSSR count). The molecule has 0 atom stereocenters. The van der Waals surface area contributed by atoms with E-state index in [0.29, 0.717) is 12.5 Å². The molecule has 0 spiro atoms. The first-order valence-electron chi connectivity index (χ1n) is 6.42. The minimum Gasteiger partial charge on any atom is -0.215 e. The molecule has 0 aliphatic heterocycles. The summed E-state index contributed by atoms with van der Waals surface area (Å²) in [6.07, 6.45) is 5.44. The van der Waals surface area contributed by atoms with Gasteiger partial charge in [-0.3, -0.25) is 0 Å². The normalized spacial score (nSPS) is 20.0. The van der Waals surface area contributed by atoms with E-state index in [1.165, 1.54) is 12.8 Å². The molecular weight excluding hydrogens is 302 g/mol. The minimum absolute atomic E-state index is 0.158. The predicted molar refractivity (Wildman–Crippen MR) is 75.9 cm³/mol. The van der Waals surface area contributed by atoms with E-state index in [9.17, 15) is 8.42 Å². The third-order valence-electron chi connectivity index (χ3n) is 3.58. The van der Waals surface area contributed by atoms with Crippen molar-refractivity contribution in [3.63, 3.8) is 0 Å². The zero-order chi connectivity index (χ0) is 12.9. The summed E-state index contributed by atoms with van der Waals surface area (Å²) in [5.74, 6) is 0.687. The molecule has 0 heterocycles. The van der Waals surface area contributed by atoms with Crippen LogP contribution in [0.1, 0.15) is 46.0 Å². The van der Waals surface area contributed by atoms with E-state index in [2.05, 4.69) is 20.7 Å². The molecular formula is C12H24BrNO2S. The number of sulfonamides is 1. The molecule has 0 radical (unpaired) electrons. The Morgan fingerprint density at radius 2 is 1.88 bits per heavy atom. The molecule has 17 heavy (non-hydrogen) atoms. The fourth-order valence-electron chi connectivity index (χ4n) is 2.21. The topological polar surface area (TPSA) is 46.2 Å². The van der Waals surface area contributed by atoms with Gasteiger partial charge in [0.2, 0.25) is 10.0 Å². The second kappa shape index (κ2) is 6.53. The maximum absolute atomic E-state index is 11.8. The number of hydrogen-bond acceptors (Lipinski definition) is 2. The van der Waals surface area contributed by atoms with Crippen molar-refractivity contribution in [3.05, 3.63) is 0 Å². The highest BCUT2D eigenvalue weighted by Crippen LogP contribution is 2.39. The van der Waals surface area contributed by atoms with Crippen molar-refractivity contribution < 1.29 is 8.42 Å². The second-order valence-electron chi connectivity index (χ2n) is 5.66. The summed E-state index contributed by atoms with van der Waals surface area (Å²) in [5, 5.41) is 0.896. The van der Waals surface area contributed by atoms with Gasteiger partial charge in [-0.25, -0.2) is 13.1 Å². The van der Waals surface area contributed by atoms with Crippen LogP contribution in [0.4, 0.5) is 0 Å². The van der Waals surface area contributed by atoms with Gasteiger partial charge in [-0.15, -0.1) is 0 Å². The van der Waals surface area contributed by atoms with Crippen LogP contribution in [0.2, 0.25) is 0 Å². The summed E-state index contributed by atoms with van der Waals surface area (Å²) >= 11 is 3.53. The lowest BCUT2D eigenvalue weighted by atomic mass is 9.89. The smallest absolute Gasteiger partial charge is 0.211 e. The molecule has 1 aliphatic carbocycles. The number of nitrogens with one attached hydrogen (secondary N) is 1. The SMILES string of the molecule is CC(C)CCS(=O)(=O)NCC1(CBr)CCCC1. The van der Waals surface area contributed by atoms with Crippen molar-refractivity contribution in [2.75, 3.05) is 17.6 Å². The summed E-state index contributed by atoms with van der Waals surface area (Å²) < 4.78 is 26.4. The van der Waals surface area contributed by atoms with Crippen molar-refractivity contribution in [1.29, 1.82) is 0 Å². The average molecular weight is 326 g/mol. The number of alkyl halides is 1. The van der Waals surface area contributed by atoms with Gasteiger partial charge >= 0.3 is 0 Å². The van der Waals surface area contributed by atoms with Crippen LogP contribution in [0.3, 0.4) is 0 Å². The molecule has 0 aromatic heterocycles. The van der Waals surface area contributed by atoms with Gasteiger partial charge in [-0.05, 0) is 30.6 Å². The van der Waals surface area contributed by atoms with Gasteiger partial charge in [-0.2, -0.15) is 0 Å². The summed E-state index contributed by atoms with van der Waals surface area (Å²) in [4.78, 5) is 0. The van der Waals surface area contributed by atoms with Crippen molar-refractivity contribution in [3.8, 4) is 0 Å². The number of hydrogen-bond donors (Lipinski definition) is 1. The Morgan fingerprint density at radius 1 is 1.29 bits per heavy atom. The van der Waals surface area contributed by atoms with Crippen LogP contribution in [-0.4, -0.2) is 26.0 Å².